The van der Waals surface area contributed by atoms with Crippen molar-refractivity contribution in [3.05, 3.63) is 0 Å². The average Bonchev–Trinajstić information content (AvgIpc) is 3.01. The zero-order valence-electron chi connectivity index (χ0n) is 31.1. The highest BCUT2D eigenvalue weighted by molar-refractivity contribution is 4.68. The molecule has 0 spiro atoms. The summed E-state index contributed by atoms with van der Waals surface area (Å²) in [6, 6.07) is 1.10. The van der Waals surface area contributed by atoms with E-state index in [-0.39, 0.29) is 0 Å². The fraction of sp³-hybridized carbons (Fsp3) is 1.00. The van der Waals surface area contributed by atoms with E-state index in [1.165, 1.54) is 180 Å². The summed E-state index contributed by atoms with van der Waals surface area (Å²) in [6.45, 7) is 16.1. The van der Waals surface area contributed by atoms with Gasteiger partial charge in [-0.2, -0.15) is 10.1 Å². The molecule has 0 aromatic carbocycles. The molecule has 2 atom stereocenters. The Balaban J connectivity index is 4.33. The number of nitrogens with zero attached hydrogens (tertiary/aromatic N) is 2. The molecule has 0 saturated heterocycles. The molecule has 43 heavy (non-hydrogen) atoms. The van der Waals surface area contributed by atoms with E-state index in [9.17, 15) is 0 Å². The second-order valence-electron chi connectivity index (χ2n) is 13.8. The summed E-state index contributed by atoms with van der Waals surface area (Å²) in [5.74, 6) is 0. The lowest BCUT2D eigenvalue weighted by Crippen LogP contribution is -2.46. The molecule has 0 aromatic heterocycles. The highest BCUT2D eigenvalue weighted by Gasteiger charge is 2.24. The van der Waals surface area contributed by atoms with Gasteiger partial charge in [-0.05, 0) is 38.5 Å². The number of hydroxylamine groups is 4. The molecule has 0 aliphatic carbocycles. The van der Waals surface area contributed by atoms with Gasteiger partial charge in [-0.15, -0.1) is 0 Å². The predicted molar refractivity (Wildman–Crippen MR) is 195 cm³/mol. The van der Waals surface area contributed by atoms with Gasteiger partial charge >= 0.3 is 0 Å². The molecule has 3 heteroatoms. The Hall–Kier alpha value is -0.120. The van der Waals surface area contributed by atoms with Crippen molar-refractivity contribution in [2.24, 2.45) is 0 Å². The highest BCUT2D eigenvalue weighted by atomic mass is 16.8. The summed E-state index contributed by atoms with van der Waals surface area (Å²) in [5.41, 5.74) is 0. The van der Waals surface area contributed by atoms with Crippen molar-refractivity contribution in [2.45, 2.75) is 246 Å². The smallest absolute Gasteiger partial charge is 0.0369 e. The van der Waals surface area contributed by atoms with Crippen LogP contribution in [0.15, 0.2) is 0 Å². The molecule has 260 valence electrons. The molecule has 0 fully saturated rings. The lowest BCUT2D eigenvalue weighted by atomic mass is 10.0. The van der Waals surface area contributed by atoms with Crippen molar-refractivity contribution in [1.82, 2.24) is 10.1 Å². The third kappa shape index (κ3) is 26.8. The predicted octanol–water partition coefficient (Wildman–Crippen LogP) is 14.0. The topological polar surface area (TPSA) is 15.7 Å². The monoisotopic (exact) mass is 609 g/mol. The van der Waals surface area contributed by atoms with Gasteiger partial charge in [-0.25, -0.2) is 4.94 Å². The first-order valence-electron chi connectivity index (χ1n) is 20.4. The summed E-state index contributed by atoms with van der Waals surface area (Å²) in [7, 11) is 0. The van der Waals surface area contributed by atoms with Gasteiger partial charge in [-0.1, -0.05) is 196 Å². The third-order valence-electron chi connectivity index (χ3n) is 9.64. The van der Waals surface area contributed by atoms with Crippen molar-refractivity contribution in [2.75, 3.05) is 13.1 Å². The Morgan fingerprint density at radius 3 is 0.814 bits per heavy atom. The Labute approximate surface area is 274 Å². The van der Waals surface area contributed by atoms with Gasteiger partial charge in [0.25, 0.3) is 0 Å². The van der Waals surface area contributed by atoms with Crippen LogP contribution in [0.1, 0.15) is 234 Å². The molecule has 0 saturated carbocycles. The van der Waals surface area contributed by atoms with Crippen LogP contribution in [-0.4, -0.2) is 35.3 Å². The second kappa shape index (κ2) is 34.7. The maximum atomic E-state index is 6.82. The summed E-state index contributed by atoms with van der Waals surface area (Å²) in [5, 5.41) is 4.78. The minimum atomic E-state index is 0.548. The first kappa shape index (κ1) is 42.9. The molecule has 0 aliphatic rings. The maximum Gasteiger partial charge on any atom is 0.0369 e. The van der Waals surface area contributed by atoms with Crippen LogP contribution in [0.4, 0.5) is 0 Å². The Morgan fingerprint density at radius 1 is 0.326 bits per heavy atom. The number of rotatable bonds is 36. The van der Waals surface area contributed by atoms with E-state index >= 15 is 0 Å². The Kier molecular flexibility index (Phi) is 34.7. The summed E-state index contributed by atoms with van der Waals surface area (Å²) in [6.07, 6.45) is 41.4. The van der Waals surface area contributed by atoms with Crippen LogP contribution in [0.3, 0.4) is 0 Å². The van der Waals surface area contributed by atoms with Gasteiger partial charge < -0.3 is 0 Å². The molecule has 3 nitrogen and oxygen atoms in total. The quantitative estimate of drug-likeness (QED) is 0.0520. The fourth-order valence-corrected chi connectivity index (χ4v) is 6.70. The average molecular weight is 609 g/mol. The molecule has 0 rings (SSSR count). The van der Waals surface area contributed by atoms with Gasteiger partial charge in [-0.3, -0.25) is 0 Å². The Bertz CT molecular complexity index is 469. The largest absolute Gasteiger partial charge is 0.208 e. The minimum Gasteiger partial charge on any atom is -0.208 e. The molecule has 0 bridgehead atoms. The standard InChI is InChI=1S/C40H84N2O/c1-7-13-15-17-19-21-23-25-27-29-31-33-35-39(11-5)41(37-9-3)43-42(38-10-4)40(12-6)36-34-32-30-28-26-24-22-20-18-16-14-8-2/h39-40H,7-38H2,1-6H3. The fourth-order valence-electron chi connectivity index (χ4n) is 6.70. The number of hydrogen-bond donors (Lipinski definition) is 0. The van der Waals surface area contributed by atoms with Crippen molar-refractivity contribution in [3.63, 3.8) is 0 Å². The van der Waals surface area contributed by atoms with Gasteiger partial charge in [0.2, 0.25) is 0 Å². The van der Waals surface area contributed by atoms with Gasteiger partial charge in [0, 0.05) is 25.2 Å². The maximum absolute atomic E-state index is 6.82. The molecule has 0 amide bonds. The summed E-state index contributed by atoms with van der Waals surface area (Å²) in [4.78, 5) is 6.82. The zero-order chi connectivity index (χ0) is 31.6. The van der Waals surface area contributed by atoms with Crippen molar-refractivity contribution < 1.29 is 4.94 Å². The van der Waals surface area contributed by atoms with Gasteiger partial charge in [0.05, 0.1) is 0 Å². The second-order valence-corrected chi connectivity index (χ2v) is 13.8. The van der Waals surface area contributed by atoms with Crippen LogP contribution in [-0.2, 0) is 4.94 Å². The number of hydrogen-bond acceptors (Lipinski definition) is 3. The minimum absolute atomic E-state index is 0.548. The van der Waals surface area contributed by atoms with Crippen molar-refractivity contribution >= 4 is 0 Å². The molecule has 0 heterocycles. The summed E-state index contributed by atoms with van der Waals surface area (Å²) >= 11 is 0. The summed E-state index contributed by atoms with van der Waals surface area (Å²) < 4.78 is 0. The molecular formula is C40H84N2O. The normalized spacial score (nSPS) is 13.4. The van der Waals surface area contributed by atoms with Gasteiger partial charge in [0.1, 0.15) is 0 Å². The Morgan fingerprint density at radius 2 is 0.581 bits per heavy atom. The van der Waals surface area contributed by atoms with E-state index < -0.39 is 0 Å². The van der Waals surface area contributed by atoms with E-state index in [1.807, 2.05) is 0 Å². The molecule has 2 unspecified atom stereocenters. The molecule has 0 aliphatic heterocycles. The highest BCUT2D eigenvalue weighted by Crippen LogP contribution is 2.22. The first-order valence-corrected chi connectivity index (χ1v) is 20.4. The van der Waals surface area contributed by atoms with E-state index in [4.69, 9.17) is 4.94 Å². The van der Waals surface area contributed by atoms with Crippen LogP contribution in [0.5, 0.6) is 0 Å². The molecule has 0 N–H and O–H groups in total. The van der Waals surface area contributed by atoms with Crippen LogP contribution in [0.25, 0.3) is 0 Å². The van der Waals surface area contributed by atoms with Crippen LogP contribution >= 0.6 is 0 Å². The van der Waals surface area contributed by atoms with Crippen molar-refractivity contribution in [3.8, 4) is 0 Å². The SMILES string of the molecule is CCCCCCCCCCCCCCC(CC)N(CCC)ON(CCC)C(CC)CCCCCCCCCCCCCC. The van der Waals surface area contributed by atoms with Crippen LogP contribution < -0.4 is 0 Å². The van der Waals surface area contributed by atoms with E-state index in [0.29, 0.717) is 12.1 Å². The van der Waals surface area contributed by atoms with E-state index in [1.54, 1.807) is 0 Å². The van der Waals surface area contributed by atoms with E-state index in [2.05, 4.69) is 51.7 Å². The van der Waals surface area contributed by atoms with Crippen LogP contribution in [0.2, 0.25) is 0 Å². The third-order valence-corrected chi connectivity index (χ3v) is 9.64. The molecule has 0 aromatic rings. The van der Waals surface area contributed by atoms with E-state index in [0.717, 1.165) is 25.9 Å². The van der Waals surface area contributed by atoms with Gasteiger partial charge in [0.15, 0.2) is 0 Å². The molecular weight excluding hydrogens is 524 g/mol. The van der Waals surface area contributed by atoms with Crippen molar-refractivity contribution in [1.29, 1.82) is 0 Å². The lowest BCUT2D eigenvalue weighted by Gasteiger charge is -2.38. The number of unbranched alkanes of at least 4 members (excludes halogenated alkanes) is 22. The van der Waals surface area contributed by atoms with Crippen LogP contribution in [0, 0.1) is 0 Å². The first-order chi connectivity index (χ1) is 21.2. The lowest BCUT2D eigenvalue weighted by molar-refractivity contribution is -0.355. The molecule has 0 radical (unpaired) electrons. The zero-order valence-corrected chi connectivity index (χ0v) is 31.1.